The van der Waals surface area contributed by atoms with Crippen LogP contribution in [0.25, 0.3) is 5.82 Å². The number of carbonyl (C=O) groups is 1. The van der Waals surface area contributed by atoms with E-state index in [1.807, 2.05) is 59.0 Å². The minimum atomic E-state index is 0.216. The molecule has 0 spiro atoms. The fourth-order valence-electron chi connectivity index (χ4n) is 4.18. The number of aryl methyl sites for hydroxylation is 2. The highest BCUT2D eigenvalue weighted by molar-refractivity contribution is 5.77. The fraction of sp³-hybridized carbons (Fsp3) is 0.375. The summed E-state index contributed by atoms with van der Waals surface area (Å²) in [6.45, 7) is 7.20. The van der Waals surface area contributed by atoms with E-state index in [0.29, 0.717) is 6.42 Å². The molecule has 3 aromatic rings. The summed E-state index contributed by atoms with van der Waals surface area (Å²) in [4.78, 5) is 21.5. The summed E-state index contributed by atoms with van der Waals surface area (Å²) in [6, 6.07) is 13.8. The number of piperazine rings is 1. The second kappa shape index (κ2) is 9.20. The average Bonchev–Trinajstić information content (AvgIpc) is 3.12. The monoisotopic (exact) mass is 419 g/mol. The number of hydrogen-bond donors (Lipinski definition) is 0. The molecule has 0 atom stereocenters. The summed E-state index contributed by atoms with van der Waals surface area (Å²) in [5, 5.41) is 4.71. The number of anilines is 1. The predicted octanol–water partition coefficient (Wildman–Crippen LogP) is 3.17. The van der Waals surface area contributed by atoms with Gasteiger partial charge >= 0.3 is 0 Å². The molecule has 0 radical (unpaired) electrons. The van der Waals surface area contributed by atoms with Crippen LogP contribution in [0.4, 0.5) is 5.69 Å². The van der Waals surface area contributed by atoms with Gasteiger partial charge < -0.3 is 14.5 Å². The van der Waals surface area contributed by atoms with E-state index in [9.17, 15) is 4.79 Å². The van der Waals surface area contributed by atoms with Gasteiger partial charge in [0.25, 0.3) is 0 Å². The maximum Gasteiger partial charge on any atom is 0.223 e. The van der Waals surface area contributed by atoms with Gasteiger partial charge in [-0.3, -0.25) is 4.79 Å². The Morgan fingerprint density at radius 1 is 1.03 bits per heavy atom. The smallest absolute Gasteiger partial charge is 0.223 e. The van der Waals surface area contributed by atoms with Gasteiger partial charge in [0.1, 0.15) is 5.75 Å². The maximum absolute atomic E-state index is 12.7. The van der Waals surface area contributed by atoms with Crippen molar-refractivity contribution in [2.45, 2.75) is 26.7 Å². The summed E-state index contributed by atoms with van der Waals surface area (Å²) in [5.74, 6) is 1.87. The zero-order chi connectivity index (χ0) is 21.8. The van der Waals surface area contributed by atoms with Crippen molar-refractivity contribution in [1.82, 2.24) is 19.7 Å². The first-order chi connectivity index (χ1) is 15.1. The van der Waals surface area contributed by atoms with Gasteiger partial charge in [0.15, 0.2) is 5.82 Å². The number of nitrogens with zero attached hydrogens (tertiary/aromatic N) is 5. The SMILES string of the molecule is COc1ccc(CCC(=O)N2CCN(c3c(C)nn(-c4ccccn4)c3C)CC2)cc1. The normalized spacial score (nSPS) is 14.0. The third-order valence-corrected chi connectivity index (χ3v) is 5.85. The number of carbonyl (C=O) groups excluding carboxylic acids is 1. The summed E-state index contributed by atoms with van der Waals surface area (Å²) >= 11 is 0. The Bertz CT molecular complexity index is 1020. The molecule has 0 saturated carbocycles. The van der Waals surface area contributed by atoms with Crippen molar-refractivity contribution in [2.24, 2.45) is 0 Å². The quantitative estimate of drug-likeness (QED) is 0.614. The summed E-state index contributed by atoms with van der Waals surface area (Å²) in [6.07, 6.45) is 3.06. The van der Waals surface area contributed by atoms with Crippen LogP contribution < -0.4 is 9.64 Å². The molecule has 162 valence electrons. The summed E-state index contributed by atoms with van der Waals surface area (Å²) < 4.78 is 7.09. The Balaban J connectivity index is 1.35. The van der Waals surface area contributed by atoms with Crippen molar-refractivity contribution in [3.63, 3.8) is 0 Å². The molecule has 1 saturated heterocycles. The predicted molar refractivity (Wildman–Crippen MR) is 121 cm³/mol. The number of pyridine rings is 1. The topological polar surface area (TPSA) is 63.5 Å². The second-order valence-corrected chi connectivity index (χ2v) is 7.84. The molecule has 1 fully saturated rings. The van der Waals surface area contributed by atoms with Crippen LogP contribution in [0.15, 0.2) is 48.7 Å². The molecule has 0 aliphatic carbocycles. The molecule has 4 rings (SSSR count). The zero-order valence-electron chi connectivity index (χ0n) is 18.4. The van der Waals surface area contributed by atoms with Crippen LogP contribution in [0.3, 0.4) is 0 Å². The molecule has 31 heavy (non-hydrogen) atoms. The molecule has 1 amide bonds. The van der Waals surface area contributed by atoms with Crippen molar-refractivity contribution in [3.05, 3.63) is 65.6 Å². The van der Waals surface area contributed by atoms with Gasteiger partial charge in [-0.1, -0.05) is 18.2 Å². The average molecular weight is 420 g/mol. The van der Waals surface area contributed by atoms with Gasteiger partial charge in [-0.2, -0.15) is 5.10 Å². The number of methoxy groups -OCH3 is 1. The van der Waals surface area contributed by atoms with Crippen molar-refractivity contribution in [1.29, 1.82) is 0 Å². The molecule has 0 unspecified atom stereocenters. The first-order valence-electron chi connectivity index (χ1n) is 10.7. The molecule has 1 aliphatic heterocycles. The number of rotatable bonds is 6. The van der Waals surface area contributed by atoms with Gasteiger partial charge in [-0.05, 0) is 50.1 Å². The first kappa shape index (κ1) is 20.9. The van der Waals surface area contributed by atoms with Gasteiger partial charge in [-0.15, -0.1) is 0 Å². The lowest BCUT2D eigenvalue weighted by molar-refractivity contribution is -0.131. The third kappa shape index (κ3) is 4.55. The van der Waals surface area contributed by atoms with Crippen molar-refractivity contribution in [2.75, 3.05) is 38.2 Å². The van der Waals surface area contributed by atoms with Crippen LogP contribution in [0.2, 0.25) is 0 Å². The molecule has 2 aromatic heterocycles. The number of ether oxygens (including phenoxy) is 1. The Morgan fingerprint density at radius 2 is 1.77 bits per heavy atom. The van der Waals surface area contributed by atoms with E-state index in [2.05, 4.69) is 16.8 Å². The lowest BCUT2D eigenvalue weighted by Gasteiger charge is -2.36. The van der Waals surface area contributed by atoms with E-state index < -0.39 is 0 Å². The third-order valence-electron chi connectivity index (χ3n) is 5.85. The Kier molecular flexibility index (Phi) is 6.21. The molecule has 3 heterocycles. The molecule has 7 nitrogen and oxygen atoms in total. The van der Waals surface area contributed by atoms with Crippen LogP contribution in [-0.2, 0) is 11.2 Å². The lowest BCUT2D eigenvalue weighted by atomic mass is 10.1. The highest BCUT2D eigenvalue weighted by atomic mass is 16.5. The van der Waals surface area contributed by atoms with Crippen molar-refractivity contribution >= 4 is 11.6 Å². The summed E-state index contributed by atoms with van der Waals surface area (Å²) in [7, 11) is 1.66. The molecular formula is C24H29N5O2. The molecule has 7 heteroatoms. The maximum atomic E-state index is 12.7. The number of benzene rings is 1. The van der Waals surface area contributed by atoms with Crippen molar-refractivity contribution < 1.29 is 9.53 Å². The van der Waals surface area contributed by atoms with Crippen LogP contribution in [0.1, 0.15) is 23.4 Å². The van der Waals surface area contributed by atoms with E-state index in [1.54, 1.807) is 13.3 Å². The van der Waals surface area contributed by atoms with Crippen LogP contribution in [0.5, 0.6) is 5.75 Å². The number of aromatic nitrogens is 3. The number of amides is 1. The number of hydrogen-bond acceptors (Lipinski definition) is 5. The van der Waals surface area contributed by atoms with E-state index in [-0.39, 0.29) is 5.91 Å². The van der Waals surface area contributed by atoms with Gasteiger partial charge in [-0.25, -0.2) is 9.67 Å². The van der Waals surface area contributed by atoms with Crippen LogP contribution in [-0.4, -0.2) is 58.9 Å². The minimum absolute atomic E-state index is 0.216. The van der Waals surface area contributed by atoms with Crippen LogP contribution in [0, 0.1) is 13.8 Å². The van der Waals surface area contributed by atoms with E-state index in [0.717, 1.165) is 66.8 Å². The van der Waals surface area contributed by atoms with Gasteiger partial charge in [0.05, 0.1) is 24.2 Å². The van der Waals surface area contributed by atoms with E-state index in [4.69, 9.17) is 9.84 Å². The first-order valence-corrected chi connectivity index (χ1v) is 10.7. The standard InChI is InChI=1S/C24H29N5O2/c1-18-24(19(2)29(26-18)22-6-4-5-13-25-22)28-16-14-27(15-17-28)23(30)12-9-20-7-10-21(31-3)11-8-20/h4-8,10-11,13H,9,12,14-17H2,1-3H3. The second-order valence-electron chi connectivity index (χ2n) is 7.84. The van der Waals surface area contributed by atoms with Gasteiger partial charge in [0.2, 0.25) is 5.91 Å². The molecule has 1 aromatic carbocycles. The molecule has 1 aliphatic rings. The molecular weight excluding hydrogens is 390 g/mol. The van der Waals surface area contributed by atoms with E-state index in [1.165, 1.54) is 0 Å². The Morgan fingerprint density at radius 3 is 2.42 bits per heavy atom. The molecule has 0 N–H and O–H groups in total. The zero-order valence-corrected chi connectivity index (χ0v) is 18.4. The fourth-order valence-corrected chi connectivity index (χ4v) is 4.18. The van der Waals surface area contributed by atoms with Gasteiger partial charge in [0, 0.05) is 38.8 Å². The highest BCUT2D eigenvalue weighted by Crippen LogP contribution is 2.27. The largest absolute Gasteiger partial charge is 0.497 e. The lowest BCUT2D eigenvalue weighted by Crippen LogP contribution is -2.49. The molecule has 0 bridgehead atoms. The Labute approximate surface area is 183 Å². The van der Waals surface area contributed by atoms with Crippen molar-refractivity contribution in [3.8, 4) is 11.6 Å². The highest BCUT2D eigenvalue weighted by Gasteiger charge is 2.25. The summed E-state index contributed by atoms with van der Waals surface area (Å²) in [5.41, 5.74) is 4.37. The van der Waals surface area contributed by atoms with Crippen LogP contribution >= 0.6 is 0 Å². The Hall–Kier alpha value is -3.35. The van der Waals surface area contributed by atoms with E-state index >= 15 is 0 Å². The minimum Gasteiger partial charge on any atom is -0.497 e.